The zero-order chi connectivity index (χ0) is 8.10. The van der Waals surface area contributed by atoms with E-state index in [1.54, 1.807) is 11.8 Å². The average Bonchev–Trinajstić information content (AvgIpc) is 2.01. The molecule has 1 heterocycles. The van der Waals surface area contributed by atoms with Gasteiger partial charge in [-0.05, 0) is 25.8 Å². The molecule has 0 aromatic carbocycles. The highest BCUT2D eigenvalue weighted by Crippen LogP contribution is 2.17. The van der Waals surface area contributed by atoms with Crippen LogP contribution in [0.4, 0.5) is 0 Å². The van der Waals surface area contributed by atoms with Crippen molar-refractivity contribution in [2.75, 3.05) is 12.3 Å². The fourth-order valence-corrected chi connectivity index (χ4v) is 1.97. The fourth-order valence-electron chi connectivity index (χ4n) is 1.14. The van der Waals surface area contributed by atoms with E-state index in [1.165, 1.54) is 0 Å². The maximum Gasteiger partial charge on any atom is 0.154 e. The maximum atomic E-state index is 5.58. The van der Waals surface area contributed by atoms with Gasteiger partial charge in [-0.1, -0.05) is 11.8 Å². The molecule has 1 unspecified atom stereocenters. The highest BCUT2D eigenvalue weighted by Gasteiger charge is 2.12. The Labute approximate surface area is 105 Å². The number of hydrogen-bond donors (Lipinski definition) is 2. The molecule has 0 fully saturated rings. The molecule has 0 aliphatic carbocycles. The van der Waals surface area contributed by atoms with Crippen molar-refractivity contribution in [1.82, 2.24) is 0 Å². The first kappa shape index (κ1) is 16.2. The predicted octanol–water partition coefficient (Wildman–Crippen LogP) is 1.70. The molecule has 0 aromatic rings. The Hall–Kier alpha value is 0.740. The summed E-state index contributed by atoms with van der Waals surface area (Å²) in [4.78, 5) is 4.32. The summed E-state index contributed by atoms with van der Waals surface area (Å²) in [5.41, 5.74) is 11.0. The van der Waals surface area contributed by atoms with Gasteiger partial charge < -0.3 is 11.5 Å². The topological polar surface area (TPSA) is 64.4 Å². The molecule has 0 saturated carbocycles. The number of amidine groups is 1. The van der Waals surface area contributed by atoms with Crippen molar-refractivity contribution in [2.24, 2.45) is 16.5 Å². The number of aliphatic imine (C=N–C) groups is 1. The van der Waals surface area contributed by atoms with Crippen LogP contribution in [0.15, 0.2) is 4.99 Å². The molecule has 80 valence electrons. The van der Waals surface area contributed by atoms with E-state index < -0.39 is 0 Å². The van der Waals surface area contributed by atoms with E-state index in [4.69, 9.17) is 11.5 Å². The molecular weight excluding hydrogens is 318 g/mol. The Bertz CT molecular complexity index is 155. The monoisotopic (exact) mass is 333 g/mol. The number of nitrogens with zero attached hydrogens (tertiary/aromatic N) is 1. The van der Waals surface area contributed by atoms with Crippen LogP contribution in [0.25, 0.3) is 0 Å². The van der Waals surface area contributed by atoms with Crippen LogP contribution in [0.3, 0.4) is 0 Å². The molecular formula is C7H17Br2N3S. The van der Waals surface area contributed by atoms with Crippen molar-refractivity contribution in [2.45, 2.75) is 25.3 Å². The van der Waals surface area contributed by atoms with E-state index in [2.05, 4.69) is 4.99 Å². The van der Waals surface area contributed by atoms with Gasteiger partial charge in [0.05, 0.1) is 6.04 Å². The molecule has 1 aliphatic rings. The van der Waals surface area contributed by atoms with Crippen LogP contribution in [0.1, 0.15) is 19.3 Å². The van der Waals surface area contributed by atoms with Crippen molar-refractivity contribution in [1.29, 1.82) is 0 Å². The van der Waals surface area contributed by atoms with Crippen molar-refractivity contribution in [3.63, 3.8) is 0 Å². The number of nitrogens with two attached hydrogens (primary N) is 2. The van der Waals surface area contributed by atoms with Gasteiger partial charge in [0.15, 0.2) is 5.17 Å². The van der Waals surface area contributed by atoms with E-state index in [-0.39, 0.29) is 34.0 Å². The lowest BCUT2D eigenvalue weighted by atomic mass is 10.1. The molecule has 3 nitrogen and oxygen atoms in total. The smallest absolute Gasteiger partial charge is 0.154 e. The second kappa shape index (κ2) is 9.30. The summed E-state index contributed by atoms with van der Waals surface area (Å²) in [7, 11) is 0. The van der Waals surface area contributed by atoms with Crippen LogP contribution in [0.5, 0.6) is 0 Å². The van der Waals surface area contributed by atoms with Gasteiger partial charge >= 0.3 is 0 Å². The van der Waals surface area contributed by atoms with Crippen LogP contribution in [0, 0.1) is 0 Å². The third-order valence-electron chi connectivity index (χ3n) is 1.75. The molecule has 0 aromatic heterocycles. The summed E-state index contributed by atoms with van der Waals surface area (Å²) in [6.07, 6.45) is 3.31. The normalized spacial score (nSPS) is 21.0. The molecule has 13 heavy (non-hydrogen) atoms. The minimum Gasteiger partial charge on any atom is -0.379 e. The van der Waals surface area contributed by atoms with Crippen LogP contribution in [-0.4, -0.2) is 23.5 Å². The van der Waals surface area contributed by atoms with Crippen molar-refractivity contribution in [3.8, 4) is 0 Å². The van der Waals surface area contributed by atoms with Gasteiger partial charge in [0.2, 0.25) is 0 Å². The lowest BCUT2D eigenvalue weighted by Gasteiger charge is -2.16. The highest BCUT2D eigenvalue weighted by molar-refractivity contribution is 8.93. The van der Waals surface area contributed by atoms with Crippen LogP contribution >= 0.6 is 45.7 Å². The summed E-state index contributed by atoms with van der Waals surface area (Å²) in [5.74, 6) is 1.12. The summed E-state index contributed by atoms with van der Waals surface area (Å²) in [6, 6.07) is 0.444. The largest absolute Gasteiger partial charge is 0.379 e. The first-order chi connectivity index (χ1) is 5.33. The summed E-state index contributed by atoms with van der Waals surface area (Å²) >= 11 is 1.65. The summed E-state index contributed by atoms with van der Waals surface area (Å²) < 4.78 is 0. The second-order valence-electron chi connectivity index (χ2n) is 2.69. The molecule has 1 aliphatic heterocycles. The first-order valence-corrected chi connectivity index (χ1v) is 4.97. The van der Waals surface area contributed by atoms with Gasteiger partial charge in [0.1, 0.15) is 0 Å². The van der Waals surface area contributed by atoms with Gasteiger partial charge in [-0.2, -0.15) is 0 Å². The predicted molar refractivity (Wildman–Crippen MR) is 71.4 cm³/mol. The van der Waals surface area contributed by atoms with Crippen LogP contribution in [0.2, 0.25) is 0 Å². The van der Waals surface area contributed by atoms with E-state index in [0.717, 1.165) is 36.7 Å². The zero-order valence-electron chi connectivity index (χ0n) is 7.44. The highest BCUT2D eigenvalue weighted by atomic mass is 79.9. The van der Waals surface area contributed by atoms with Gasteiger partial charge in [0.25, 0.3) is 0 Å². The van der Waals surface area contributed by atoms with E-state index in [0.29, 0.717) is 6.04 Å². The molecule has 0 bridgehead atoms. The minimum absolute atomic E-state index is 0. The molecule has 0 amide bonds. The third kappa shape index (κ3) is 6.76. The molecule has 0 radical (unpaired) electrons. The number of hydrogen-bond acceptors (Lipinski definition) is 4. The SMILES string of the molecule is Br.Br.NCCCC1CCSC(N)=N1. The lowest BCUT2D eigenvalue weighted by molar-refractivity contribution is 0.577. The van der Waals surface area contributed by atoms with Crippen LogP contribution in [-0.2, 0) is 0 Å². The Kier molecular flexibility index (Phi) is 11.6. The first-order valence-electron chi connectivity index (χ1n) is 3.99. The van der Waals surface area contributed by atoms with Crippen LogP contribution < -0.4 is 11.5 Å². The number of rotatable bonds is 3. The van der Waals surface area contributed by atoms with E-state index in [9.17, 15) is 0 Å². The van der Waals surface area contributed by atoms with E-state index in [1.807, 2.05) is 0 Å². The Morgan fingerprint density at radius 2 is 2.15 bits per heavy atom. The Morgan fingerprint density at radius 3 is 2.69 bits per heavy atom. The second-order valence-corrected chi connectivity index (χ2v) is 3.80. The Morgan fingerprint density at radius 1 is 1.46 bits per heavy atom. The van der Waals surface area contributed by atoms with Gasteiger partial charge in [-0.25, -0.2) is 0 Å². The fraction of sp³-hybridized carbons (Fsp3) is 0.857. The quantitative estimate of drug-likeness (QED) is 0.825. The van der Waals surface area contributed by atoms with Gasteiger partial charge in [-0.3, -0.25) is 4.99 Å². The molecule has 1 rings (SSSR count). The zero-order valence-corrected chi connectivity index (χ0v) is 11.7. The molecule has 0 saturated heterocycles. The molecule has 0 spiro atoms. The molecule has 1 atom stereocenters. The average molecular weight is 335 g/mol. The summed E-state index contributed by atoms with van der Waals surface area (Å²) in [6.45, 7) is 0.763. The van der Waals surface area contributed by atoms with Crippen molar-refractivity contribution < 1.29 is 0 Å². The van der Waals surface area contributed by atoms with Crippen molar-refractivity contribution in [3.05, 3.63) is 0 Å². The van der Waals surface area contributed by atoms with E-state index >= 15 is 0 Å². The van der Waals surface area contributed by atoms with Gasteiger partial charge in [0, 0.05) is 5.75 Å². The molecule has 6 heteroatoms. The summed E-state index contributed by atoms with van der Waals surface area (Å²) in [5, 5.41) is 0.748. The third-order valence-corrected chi connectivity index (χ3v) is 2.59. The standard InChI is InChI=1S/C7H15N3S.2BrH/c8-4-1-2-6-3-5-11-7(9)10-6;;/h6H,1-5,8H2,(H2,9,10);2*1H. The Balaban J connectivity index is 0. The van der Waals surface area contributed by atoms with Gasteiger partial charge in [-0.15, -0.1) is 34.0 Å². The minimum atomic E-state index is 0. The van der Waals surface area contributed by atoms with Crippen molar-refractivity contribution >= 4 is 50.9 Å². The number of halogens is 2. The number of thioether (sulfide) groups is 1. The lowest BCUT2D eigenvalue weighted by Crippen LogP contribution is -2.20. The molecule has 4 N–H and O–H groups in total. The maximum absolute atomic E-state index is 5.58.